The van der Waals surface area contributed by atoms with Crippen LogP contribution in [-0.4, -0.2) is 24.7 Å². The standard InChI is InChI=1S/C21H22N8O2/c1-11(2)6-7-31-14-5-4-12(8-15(14)30-3)18-16-17(24)13(9-22)19(25)28-20(16)29-21(27-18)26-10-23/h4-6,8,18H,7H2,1-3H3,(H6,24,25,26,27,28,29). The molecule has 0 amide bonds. The highest BCUT2D eigenvalue weighted by Gasteiger charge is 2.30. The van der Waals surface area contributed by atoms with Gasteiger partial charge >= 0.3 is 0 Å². The van der Waals surface area contributed by atoms with Gasteiger partial charge in [0.2, 0.25) is 5.96 Å². The molecule has 10 heteroatoms. The topological polar surface area (TPSA) is 167 Å². The fraction of sp³-hybridized carbons (Fsp3) is 0.238. The van der Waals surface area contributed by atoms with Crippen molar-refractivity contribution in [3.8, 4) is 23.8 Å². The predicted octanol–water partition coefficient (Wildman–Crippen LogP) is 2.41. The number of guanidine groups is 1. The van der Waals surface area contributed by atoms with Crippen LogP contribution in [0.2, 0.25) is 0 Å². The van der Waals surface area contributed by atoms with E-state index in [4.69, 9.17) is 26.2 Å². The molecule has 0 saturated carbocycles. The van der Waals surface area contributed by atoms with Gasteiger partial charge < -0.3 is 26.3 Å². The Kier molecular flexibility index (Phi) is 6.13. The van der Waals surface area contributed by atoms with Crippen molar-refractivity contribution in [1.29, 1.82) is 10.5 Å². The molecular weight excluding hydrogens is 396 g/mol. The Bertz CT molecular complexity index is 1150. The number of methoxy groups -OCH3 is 1. The number of nitrogens with one attached hydrogen (secondary N) is 2. The number of nitrogens with zero attached hydrogens (tertiary/aromatic N) is 4. The Hall–Kier alpha value is -4.44. The van der Waals surface area contributed by atoms with Crippen LogP contribution in [0, 0.1) is 22.8 Å². The second-order valence-corrected chi connectivity index (χ2v) is 6.90. The number of nitrogens with two attached hydrogens (primary N) is 2. The maximum atomic E-state index is 9.43. The maximum Gasteiger partial charge on any atom is 0.211 e. The lowest BCUT2D eigenvalue weighted by atomic mass is 9.95. The third-order valence-corrected chi connectivity index (χ3v) is 4.59. The Morgan fingerprint density at radius 2 is 2.06 bits per heavy atom. The zero-order valence-corrected chi connectivity index (χ0v) is 17.4. The van der Waals surface area contributed by atoms with Crippen molar-refractivity contribution in [2.24, 2.45) is 4.99 Å². The van der Waals surface area contributed by atoms with Gasteiger partial charge in [-0.15, -0.1) is 0 Å². The summed E-state index contributed by atoms with van der Waals surface area (Å²) in [6.07, 6.45) is 3.78. The molecule has 0 aliphatic carbocycles. The first kappa shape index (κ1) is 21.3. The molecule has 1 unspecified atom stereocenters. The summed E-state index contributed by atoms with van der Waals surface area (Å²) in [5.74, 6) is 1.56. The van der Waals surface area contributed by atoms with Crippen LogP contribution in [0.25, 0.3) is 0 Å². The summed E-state index contributed by atoms with van der Waals surface area (Å²) in [4.78, 5) is 8.78. The lowest BCUT2D eigenvalue weighted by molar-refractivity contribution is 0.325. The van der Waals surface area contributed by atoms with E-state index in [0.29, 0.717) is 35.1 Å². The highest BCUT2D eigenvalue weighted by molar-refractivity contribution is 5.98. The average Bonchev–Trinajstić information content (AvgIpc) is 2.73. The summed E-state index contributed by atoms with van der Waals surface area (Å²) < 4.78 is 11.3. The smallest absolute Gasteiger partial charge is 0.211 e. The number of ether oxygens (including phenoxy) is 2. The fourth-order valence-electron chi connectivity index (χ4n) is 3.09. The van der Waals surface area contributed by atoms with Gasteiger partial charge in [-0.25, -0.2) is 9.98 Å². The van der Waals surface area contributed by atoms with Crippen molar-refractivity contribution in [2.75, 3.05) is 30.5 Å². The van der Waals surface area contributed by atoms with Gasteiger partial charge in [-0.2, -0.15) is 10.5 Å². The minimum Gasteiger partial charge on any atom is -0.493 e. The highest BCUT2D eigenvalue weighted by Crippen LogP contribution is 2.42. The summed E-state index contributed by atoms with van der Waals surface area (Å²) >= 11 is 0. The molecule has 1 aliphatic heterocycles. The van der Waals surface area contributed by atoms with E-state index in [2.05, 4.69) is 20.6 Å². The summed E-state index contributed by atoms with van der Waals surface area (Å²) in [7, 11) is 1.54. The van der Waals surface area contributed by atoms with Crippen LogP contribution in [0.15, 0.2) is 34.8 Å². The third kappa shape index (κ3) is 4.28. The predicted molar refractivity (Wildman–Crippen MR) is 117 cm³/mol. The molecule has 31 heavy (non-hydrogen) atoms. The average molecular weight is 418 g/mol. The number of aliphatic imine (C=N–C) groups is 1. The van der Waals surface area contributed by atoms with Crippen LogP contribution in [0.5, 0.6) is 11.5 Å². The number of nitriles is 2. The lowest BCUT2D eigenvalue weighted by Gasteiger charge is -2.26. The molecule has 0 spiro atoms. The van der Waals surface area contributed by atoms with E-state index in [-0.39, 0.29) is 23.0 Å². The molecule has 158 valence electrons. The molecule has 0 saturated heterocycles. The first-order valence-electron chi connectivity index (χ1n) is 9.32. The van der Waals surface area contributed by atoms with Crippen LogP contribution in [0.1, 0.15) is 36.6 Å². The van der Waals surface area contributed by atoms with E-state index >= 15 is 0 Å². The Labute approximate surface area is 179 Å². The molecule has 2 aromatic rings. The number of hydrogen-bond acceptors (Lipinski definition) is 10. The third-order valence-electron chi connectivity index (χ3n) is 4.59. The maximum absolute atomic E-state index is 9.43. The van der Waals surface area contributed by atoms with Crippen molar-refractivity contribution >= 4 is 23.3 Å². The summed E-state index contributed by atoms with van der Waals surface area (Å²) in [5.41, 5.74) is 14.7. The SMILES string of the molecule is COc1cc(C2N=C(NC#N)Nc3nc(N)c(C#N)c(N)c32)ccc1OCC=C(C)C. The molecule has 1 aliphatic rings. The number of fused-ring (bicyclic) bond motifs is 1. The monoisotopic (exact) mass is 418 g/mol. The summed E-state index contributed by atoms with van der Waals surface area (Å²) in [6, 6.07) is 6.68. The molecule has 6 N–H and O–H groups in total. The zero-order valence-electron chi connectivity index (χ0n) is 17.4. The molecular formula is C21H22N8O2. The number of hydrogen-bond donors (Lipinski definition) is 4. The fourth-order valence-corrected chi connectivity index (χ4v) is 3.09. The zero-order chi connectivity index (χ0) is 22.5. The molecule has 2 heterocycles. The highest BCUT2D eigenvalue weighted by atomic mass is 16.5. The van der Waals surface area contributed by atoms with E-state index in [1.807, 2.05) is 38.3 Å². The first-order valence-corrected chi connectivity index (χ1v) is 9.32. The number of pyridine rings is 1. The van der Waals surface area contributed by atoms with Gasteiger partial charge in [-0.05, 0) is 37.6 Å². The number of rotatable bonds is 5. The van der Waals surface area contributed by atoms with Gasteiger partial charge in [0.25, 0.3) is 0 Å². The number of allylic oxidation sites excluding steroid dienone is 1. The number of anilines is 3. The lowest BCUT2D eigenvalue weighted by Crippen LogP contribution is -2.32. The molecule has 10 nitrogen and oxygen atoms in total. The van der Waals surface area contributed by atoms with Gasteiger partial charge in [0, 0.05) is 5.56 Å². The van der Waals surface area contributed by atoms with Gasteiger partial charge in [0.1, 0.15) is 35.9 Å². The number of nitrogen functional groups attached to an aromatic ring is 2. The van der Waals surface area contributed by atoms with Gasteiger partial charge in [-0.3, -0.25) is 5.32 Å². The quantitative estimate of drug-likeness (QED) is 0.324. The molecule has 1 atom stereocenters. The van der Waals surface area contributed by atoms with E-state index in [1.54, 1.807) is 19.2 Å². The van der Waals surface area contributed by atoms with E-state index in [1.165, 1.54) is 0 Å². The largest absolute Gasteiger partial charge is 0.493 e. The normalized spacial score (nSPS) is 14.1. The number of benzene rings is 1. The molecule has 0 radical (unpaired) electrons. The Morgan fingerprint density at radius 1 is 1.29 bits per heavy atom. The summed E-state index contributed by atoms with van der Waals surface area (Å²) in [6.45, 7) is 4.39. The van der Waals surface area contributed by atoms with E-state index < -0.39 is 6.04 Å². The first-order chi connectivity index (χ1) is 14.9. The molecule has 0 bridgehead atoms. The minimum absolute atomic E-state index is 0.0104. The van der Waals surface area contributed by atoms with Crippen LogP contribution < -0.4 is 31.6 Å². The molecule has 3 rings (SSSR count). The molecule has 1 aromatic carbocycles. The van der Waals surface area contributed by atoms with Crippen LogP contribution in [-0.2, 0) is 0 Å². The van der Waals surface area contributed by atoms with Crippen LogP contribution in [0.4, 0.5) is 17.3 Å². The number of aromatic nitrogens is 1. The second-order valence-electron chi connectivity index (χ2n) is 6.90. The second kappa shape index (κ2) is 8.93. The van der Waals surface area contributed by atoms with E-state index in [9.17, 15) is 5.26 Å². The molecule has 0 fully saturated rings. The van der Waals surface area contributed by atoms with Crippen LogP contribution >= 0.6 is 0 Å². The van der Waals surface area contributed by atoms with Crippen molar-refractivity contribution in [3.05, 3.63) is 46.5 Å². The van der Waals surface area contributed by atoms with Crippen molar-refractivity contribution in [3.63, 3.8) is 0 Å². The molecule has 1 aromatic heterocycles. The van der Waals surface area contributed by atoms with E-state index in [0.717, 1.165) is 5.57 Å². The Morgan fingerprint density at radius 3 is 2.71 bits per heavy atom. The Balaban J connectivity index is 2.10. The van der Waals surface area contributed by atoms with Crippen molar-refractivity contribution in [2.45, 2.75) is 19.9 Å². The summed E-state index contributed by atoms with van der Waals surface area (Å²) in [5, 5.41) is 23.8. The van der Waals surface area contributed by atoms with Gasteiger partial charge in [-0.1, -0.05) is 11.6 Å². The van der Waals surface area contributed by atoms with Gasteiger partial charge in [0.05, 0.1) is 12.8 Å². The van der Waals surface area contributed by atoms with Crippen LogP contribution in [0.3, 0.4) is 0 Å². The van der Waals surface area contributed by atoms with Gasteiger partial charge in [0.15, 0.2) is 17.7 Å². The van der Waals surface area contributed by atoms with Crippen molar-refractivity contribution < 1.29 is 9.47 Å². The minimum atomic E-state index is -0.659. The van der Waals surface area contributed by atoms with Crippen molar-refractivity contribution in [1.82, 2.24) is 10.3 Å².